The molecule has 3 saturated heterocycles. The van der Waals surface area contributed by atoms with Gasteiger partial charge in [-0.2, -0.15) is 0 Å². The maximum absolute atomic E-state index is 12.3. The molecule has 0 amide bonds. The van der Waals surface area contributed by atoms with Crippen LogP contribution in [-0.2, 0) is 22.4 Å². The van der Waals surface area contributed by atoms with Crippen LogP contribution in [0.5, 0.6) is 0 Å². The predicted molar refractivity (Wildman–Crippen MR) is 122 cm³/mol. The number of fused-ring (bicyclic) bond motifs is 5. The minimum Gasteiger partial charge on any atom is -0.870 e. The van der Waals surface area contributed by atoms with E-state index in [1.165, 1.54) is 48.4 Å². The Kier molecular flexibility index (Phi) is 6.35. The summed E-state index contributed by atoms with van der Waals surface area (Å²) >= 11 is 0. The molecule has 1 atom stereocenters. The fourth-order valence-corrected chi connectivity index (χ4v) is 6.20. The quantitative estimate of drug-likeness (QED) is 0.536. The number of esters is 1. The highest BCUT2D eigenvalue weighted by Gasteiger charge is 2.48. The van der Waals surface area contributed by atoms with Gasteiger partial charge >= 0.3 is 5.97 Å². The first-order valence-electron chi connectivity index (χ1n) is 11.6. The number of hydrogen-bond acceptors (Lipinski definition) is 4. The van der Waals surface area contributed by atoms with Crippen LogP contribution in [0.2, 0.25) is 0 Å². The molecule has 1 N–H and O–H groups in total. The number of ether oxygens (including phenoxy) is 1. The van der Waals surface area contributed by atoms with Crippen molar-refractivity contribution in [1.82, 2.24) is 0 Å². The molecule has 166 valence electrons. The SMILES string of the molecule is COC(=O)C1C[N+]2(CCCN3c4ccccc4CCc4ccccc43)CCC1CC2.[OH-]. The molecule has 0 aliphatic carbocycles. The molecule has 0 radical (unpaired) electrons. The largest absolute Gasteiger partial charge is 0.870 e. The smallest absolute Gasteiger partial charge is 0.314 e. The van der Waals surface area contributed by atoms with Gasteiger partial charge in [0.25, 0.3) is 0 Å². The number of aryl methyl sites for hydroxylation is 2. The summed E-state index contributed by atoms with van der Waals surface area (Å²) in [7, 11) is 1.54. The van der Waals surface area contributed by atoms with Crippen molar-refractivity contribution >= 4 is 17.3 Å². The van der Waals surface area contributed by atoms with Crippen LogP contribution in [0.15, 0.2) is 48.5 Å². The third-order valence-corrected chi connectivity index (χ3v) is 7.85. The van der Waals surface area contributed by atoms with Gasteiger partial charge in [-0.1, -0.05) is 36.4 Å². The second-order valence-corrected chi connectivity index (χ2v) is 9.42. The zero-order chi connectivity index (χ0) is 20.6. The van der Waals surface area contributed by atoms with Gasteiger partial charge in [-0.25, -0.2) is 0 Å². The van der Waals surface area contributed by atoms with Crippen molar-refractivity contribution in [2.24, 2.45) is 11.8 Å². The number of quaternary nitrogens is 1. The van der Waals surface area contributed by atoms with E-state index in [-0.39, 0.29) is 17.4 Å². The molecular formula is C26H34N2O3. The summed E-state index contributed by atoms with van der Waals surface area (Å²) in [5, 5.41) is 0. The molecule has 3 fully saturated rings. The van der Waals surface area contributed by atoms with Crippen molar-refractivity contribution in [2.45, 2.75) is 32.1 Å². The van der Waals surface area contributed by atoms with Crippen molar-refractivity contribution in [1.29, 1.82) is 0 Å². The van der Waals surface area contributed by atoms with Gasteiger partial charge in [0.1, 0.15) is 5.92 Å². The third-order valence-electron chi connectivity index (χ3n) is 7.85. The average Bonchev–Trinajstić information content (AvgIpc) is 2.96. The maximum atomic E-state index is 12.3. The van der Waals surface area contributed by atoms with Crippen molar-refractivity contribution in [3.8, 4) is 0 Å². The van der Waals surface area contributed by atoms with Gasteiger partial charge in [-0.05, 0) is 42.0 Å². The zero-order valence-corrected chi connectivity index (χ0v) is 18.5. The molecule has 6 rings (SSSR count). The summed E-state index contributed by atoms with van der Waals surface area (Å²) in [6, 6.07) is 17.8. The fraction of sp³-hybridized carbons (Fsp3) is 0.500. The molecule has 4 aliphatic rings. The van der Waals surface area contributed by atoms with Gasteiger partial charge in [0.15, 0.2) is 0 Å². The second-order valence-electron chi connectivity index (χ2n) is 9.42. The maximum Gasteiger partial charge on any atom is 0.314 e. The van der Waals surface area contributed by atoms with Gasteiger partial charge < -0.3 is 19.6 Å². The summed E-state index contributed by atoms with van der Waals surface area (Å²) in [6.45, 7) is 5.61. The Morgan fingerprint density at radius 2 is 1.58 bits per heavy atom. The highest BCUT2D eigenvalue weighted by atomic mass is 16.5. The summed E-state index contributed by atoms with van der Waals surface area (Å²) in [5.41, 5.74) is 5.63. The first-order valence-corrected chi connectivity index (χ1v) is 11.6. The minimum absolute atomic E-state index is 0. The van der Waals surface area contributed by atoms with Crippen molar-refractivity contribution in [3.63, 3.8) is 0 Å². The van der Waals surface area contributed by atoms with E-state index in [1.54, 1.807) is 7.11 Å². The van der Waals surface area contributed by atoms with Crippen LogP contribution in [0.25, 0.3) is 0 Å². The van der Waals surface area contributed by atoms with Gasteiger partial charge in [0.2, 0.25) is 0 Å². The number of carbonyl (C=O) groups is 1. The summed E-state index contributed by atoms with van der Waals surface area (Å²) in [4.78, 5) is 14.8. The number of benzene rings is 2. The second kappa shape index (κ2) is 9.01. The van der Waals surface area contributed by atoms with Crippen LogP contribution in [0.4, 0.5) is 11.4 Å². The van der Waals surface area contributed by atoms with Crippen molar-refractivity contribution < 1.29 is 19.5 Å². The first kappa shape index (κ1) is 21.8. The highest BCUT2D eigenvalue weighted by Crippen LogP contribution is 2.39. The van der Waals surface area contributed by atoms with Crippen LogP contribution in [-0.4, -0.2) is 55.8 Å². The molecule has 0 aromatic heterocycles. The Balaban J connectivity index is 0.00000231. The fourth-order valence-electron chi connectivity index (χ4n) is 6.20. The summed E-state index contributed by atoms with van der Waals surface area (Å²) < 4.78 is 6.23. The van der Waals surface area contributed by atoms with E-state index in [1.807, 2.05) is 0 Å². The third kappa shape index (κ3) is 4.09. The van der Waals surface area contributed by atoms with E-state index < -0.39 is 0 Å². The van der Waals surface area contributed by atoms with Crippen molar-refractivity contribution in [2.75, 3.05) is 44.7 Å². The van der Waals surface area contributed by atoms with E-state index in [0.717, 1.165) is 43.4 Å². The molecule has 31 heavy (non-hydrogen) atoms. The molecule has 4 aliphatic heterocycles. The molecule has 2 bridgehead atoms. The van der Waals surface area contributed by atoms with E-state index in [4.69, 9.17) is 4.74 Å². The van der Waals surface area contributed by atoms with E-state index in [0.29, 0.717) is 5.92 Å². The Labute approximate surface area is 185 Å². The Hall–Kier alpha value is -2.37. The van der Waals surface area contributed by atoms with Crippen LogP contribution in [0, 0.1) is 11.8 Å². The number of para-hydroxylation sites is 2. The van der Waals surface area contributed by atoms with E-state index in [2.05, 4.69) is 53.4 Å². The lowest BCUT2D eigenvalue weighted by Crippen LogP contribution is -2.63. The number of rotatable bonds is 5. The molecule has 1 unspecified atom stereocenters. The van der Waals surface area contributed by atoms with Gasteiger partial charge in [0.05, 0.1) is 33.3 Å². The lowest BCUT2D eigenvalue weighted by atomic mass is 9.77. The number of carbonyl (C=O) groups excluding carboxylic acids is 1. The highest BCUT2D eigenvalue weighted by molar-refractivity contribution is 5.73. The lowest BCUT2D eigenvalue weighted by Gasteiger charge is -2.52. The van der Waals surface area contributed by atoms with E-state index >= 15 is 0 Å². The monoisotopic (exact) mass is 422 g/mol. The van der Waals surface area contributed by atoms with Crippen LogP contribution >= 0.6 is 0 Å². The number of anilines is 2. The molecule has 5 heteroatoms. The molecule has 0 saturated carbocycles. The van der Waals surface area contributed by atoms with Crippen LogP contribution < -0.4 is 4.90 Å². The van der Waals surface area contributed by atoms with E-state index in [9.17, 15) is 4.79 Å². The first-order chi connectivity index (χ1) is 14.7. The zero-order valence-electron chi connectivity index (χ0n) is 18.5. The Bertz CT molecular complexity index is 873. The average molecular weight is 423 g/mol. The predicted octanol–water partition coefficient (Wildman–Crippen LogP) is 4.17. The van der Waals surface area contributed by atoms with Crippen LogP contribution in [0.1, 0.15) is 30.4 Å². The number of nitrogens with zero attached hydrogens (tertiary/aromatic N) is 2. The molecule has 0 spiro atoms. The summed E-state index contributed by atoms with van der Waals surface area (Å²) in [6.07, 6.45) is 5.70. The number of methoxy groups -OCH3 is 1. The van der Waals surface area contributed by atoms with Gasteiger partial charge in [0, 0.05) is 37.2 Å². The molecule has 2 aromatic carbocycles. The normalized spacial score (nSPS) is 26.3. The molecular weight excluding hydrogens is 388 g/mol. The number of piperidine rings is 3. The van der Waals surface area contributed by atoms with Gasteiger partial charge in [-0.3, -0.25) is 4.79 Å². The van der Waals surface area contributed by atoms with Crippen molar-refractivity contribution in [3.05, 3.63) is 59.7 Å². The minimum atomic E-state index is 0. The molecule has 4 heterocycles. The van der Waals surface area contributed by atoms with Crippen LogP contribution in [0.3, 0.4) is 0 Å². The number of hydrogen-bond donors (Lipinski definition) is 0. The molecule has 2 aromatic rings. The molecule has 5 nitrogen and oxygen atoms in total. The Morgan fingerprint density at radius 1 is 1.00 bits per heavy atom. The topological polar surface area (TPSA) is 59.5 Å². The van der Waals surface area contributed by atoms with Gasteiger partial charge in [-0.15, -0.1) is 0 Å². The lowest BCUT2D eigenvalue weighted by molar-refractivity contribution is -0.945. The summed E-state index contributed by atoms with van der Waals surface area (Å²) in [5.74, 6) is 0.663. The standard InChI is InChI=1S/C26H33N2O2.H2O/c1-30-26(29)23-19-28(17-13-20(23)14-18-28)16-6-15-27-24-9-4-2-7-21(24)11-12-22-8-3-5-10-25(22)27;/h2-5,7-10,20,23H,6,11-19H2,1H3;1H2/q+1;/p-1. The Morgan fingerprint density at radius 3 is 2.16 bits per heavy atom.